The van der Waals surface area contributed by atoms with Gasteiger partial charge in [0, 0.05) is 6.54 Å². The summed E-state index contributed by atoms with van der Waals surface area (Å²) in [6, 6.07) is 15.2. The highest BCUT2D eigenvalue weighted by Gasteiger charge is 2.13. The van der Waals surface area contributed by atoms with Gasteiger partial charge in [0.15, 0.2) is 0 Å². The first-order valence-corrected chi connectivity index (χ1v) is 7.86. The summed E-state index contributed by atoms with van der Waals surface area (Å²) in [6.07, 6.45) is 0. The van der Waals surface area contributed by atoms with Gasteiger partial charge in [-0.05, 0) is 24.2 Å². The standard InChI is InChI=1S/C17H18Cl2N2O/c1-2-21(11-13-7-4-3-5-8-13)12-16(22)20-17-14(18)9-6-10-15(17)19/h3-10H,2,11-12H2,1H3,(H,20,22). The Morgan fingerprint density at radius 3 is 2.27 bits per heavy atom. The zero-order valence-corrected chi connectivity index (χ0v) is 13.9. The second kappa shape index (κ2) is 8.18. The molecule has 0 saturated heterocycles. The van der Waals surface area contributed by atoms with Crippen LogP contribution in [0.1, 0.15) is 12.5 Å². The highest BCUT2D eigenvalue weighted by Crippen LogP contribution is 2.29. The molecule has 0 unspecified atom stereocenters. The topological polar surface area (TPSA) is 32.3 Å². The van der Waals surface area contributed by atoms with Crippen LogP contribution < -0.4 is 5.32 Å². The van der Waals surface area contributed by atoms with Crippen LogP contribution in [-0.4, -0.2) is 23.9 Å². The minimum absolute atomic E-state index is 0.132. The van der Waals surface area contributed by atoms with Crippen molar-refractivity contribution < 1.29 is 4.79 Å². The lowest BCUT2D eigenvalue weighted by molar-refractivity contribution is -0.117. The molecule has 0 aliphatic rings. The number of hydrogen-bond acceptors (Lipinski definition) is 2. The molecule has 0 heterocycles. The highest BCUT2D eigenvalue weighted by atomic mass is 35.5. The fraction of sp³-hybridized carbons (Fsp3) is 0.235. The summed E-state index contributed by atoms with van der Waals surface area (Å²) < 4.78 is 0. The van der Waals surface area contributed by atoms with E-state index in [1.807, 2.05) is 37.3 Å². The number of halogens is 2. The molecule has 0 bridgehead atoms. The number of rotatable bonds is 6. The predicted molar refractivity (Wildman–Crippen MR) is 92.5 cm³/mol. The number of benzene rings is 2. The smallest absolute Gasteiger partial charge is 0.238 e. The lowest BCUT2D eigenvalue weighted by Gasteiger charge is -2.20. The SMILES string of the molecule is CCN(CC(=O)Nc1c(Cl)cccc1Cl)Cc1ccccc1. The zero-order chi connectivity index (χ0) is 15.9. The van der Waals surface area contributed by atoms with E-state index in [-0.39, 0.29) is 12.5 Å². The van der Waals surface area contributed by atoms with Gasteiger partial charge >= 0.3 is 0 Å². The Kier molecular flexibility index (Phi) is 6.25. The first-order valence-electron chi connectivity index (χ1n) is 7.10. The number of anilines is 1. The Labute approximate surface area is 140 Å². The summed E-state index contributed by atoms with van der Waals surface area (Å²) in [4.78, 5) is 14.3. The van der Waals surface area contributed by atoms with Crippen LogP contribution in [0.25, 0.3) is 0 Å². The second-order valence-corrected chi connectivity index (χ2v) is 5.75. The predicted octanol–water partition coefficient (Wildman–Crippen LogP) is 4.45. The Hall–Kier alpha value is -1.55. The van der Waals surface area contributed by atoms with Gasteiger partial charge in [0.25, 0.3) is 0 Å². The van der Waals surface area contributed by atoms with Crippen LogP contribution in [0.4, 0.5) is 5.69 Å². The van der Waals surface area contributed by atoms with Crippen molar-refractivity contribution in [2.75, 3.05) is 18.4 Å². The zero-order valence-electron chi connectivity index (χ0n) is 12.4. The van der Waals surface area contributed by atoms with Crippen molar-refractivity contribution in [1.82, 2.24) is 4.90 Å². The highest BCUT2D eigenvalue weighted by molar-refractivity contribution is 6.39. The summed E-state index contributed by atoms with van der Waals surface area (Å²) in [7, 11) is 0. The van der Waals surface area contributed by atoms with E-state index in [4.69, 9.17) is 23.2 Å². The fourth-order valence-corrected chi connectivity index (χ4v) is 2.61. The minimum Gasteiger partial charge on any atom is -0.322 e. The molecule has 0 atom stereocenters. The summed E-state index contributed by atoms with van der Waals surface area (Å²) in [5, 5.41) is 3.66. The maximum atomic E-state index is 12.2. The summed E-state index contributed by atoms with van der Waals surface area (Å²) >= 11 is 12.1. The van der Waals surface area contributed by atoms with E-state index in [2.05, 4.69) is 10.2 Å². The molecule has 0 fully saturated rings. The van der Waals surface area contributed by atoms with Crippen LogP contribution in [0.5, 0.6) is 0 Å². The van der Waals surface area contributed by atoms with Gasteiger partial charge in [0.1, 0.15) is 0 Å². The van der Waals surface area contributed by atoms with Crippen LogP contribution >= 0.6 is 23.2 Å². The van der Waals surface area contributed by atoms with Gasteiger partial charge < -0.3 is 5.32 Å². The Morgan fingerprint density at radius 1 is 1.05 bits per heavy atom. The van der Waals surface area contributed by atoms with Crippen molar-refractivity contribution in [3.05, 3.63) is 64.1 Å². The molecular weight excluding hydrogens is 319 g/mol. The molecule has 2 aromatic carbocycles. The van der Waals surface area contributed by atoms with Gasteiger partial charge in [-0.3, -0.25) is 9.69 Å². The van der Waals surface area contributed by atoms with E-state index in [0.29, 0.717) is 15.7 Å². The quantitative estimate of drug-likeness (QED) is 0.844. The maximum absolute atomic E-state index is 12.2. The van der Waals surface area contributed by atoms with Crippen molar-refractivity contribution in [3.63, 3.8) is 0 Å². The Balaban J connectivity index is 1.98. The molecule has 116 valence electrons. The number of para-hydroxylation sites is 1. The first kappa shape index (κ1) is 16.8. The van der Waals surface area contributed by atoms with Crippen molar-refractivity contribution in [1.29, 1.82) is 0 Å². The Morgan fingerprint density at radius 2 is 1.68 bits per heavy atom. The molecule has 1 amide bonds. The van der Waals surface area contributed by atoms with Gasteiger partial charge in [0.2, 0.25) is 5.91 Å². The lowest BCUT2D eigenvalue weighted by Crippen LogP contribution is -2.32. The molecule has 0 radical (unpaired) electrons. The van der Waals surface area contributed by atoms with E-state index >= 15 is 0 Å². The molecule has 0 aliphatic carbocycles. The number of hydrogen-bond donors (Lipinski definition) is 1. The summed E-state index contributed by atoms with van der Waals surface area (Å²) in [6.45, 7) is 3.81. The molecule has 0 aliphatic heterocycles. The average molecular weight is 337 g/mol. The van der Waals surface area contributed by atoms with E-state index in [9.17, 15) is 4.79 Å². The molecule has 0 saturated carbocycles. The molecule has 2 rings (SSSR count). The molecule has 0 spiro atoms. The second-order valence-electron chi connectivity index (χ2n) is 4.93. The third-order valence-electron chi connectivity index (χ3n) is 3.29. The van der Waals surface area contributed by atoms with Crippen LogP contribution in [0.2, 0.25) is 10.0 Å². The van der Waals surface area contributed by atoms with Crippen LogP contribution in [0.15, 0.2) is 48.5 Å². The van der Waals surface area contributed by atoms with Crippen molar-refractivity contribution in [2.24, 2.45) is 0 Å². The number of carbonyl (C=O) groups is 1. The number of likely N-dealkylation sites (N-methyl/N-ethyl adjacent to an activating group) is 1. The summed E-state index contributed by atoms with van der Waals surface area (Å²) in [5.41, 5.74) is 1.64. The third-order valence-corrected chi connectivity index (χ3v) is 3.92. The molecule has 0 aromatic heterocycles. The van der Waals surface area contributed by atoms with Gasteiger partial charge in [0.05, 0.1) is 22.3 Å². The van der Waals surface area contributed by atoms with Crippen molar-refractivity contribution in [3.8, 4) is 0 Å². The molecular formula is C17H18Cl2N2O. The number of nitrogens with zero attached hydrogens (tertiary/aromatic N) is 1. The summed E-state index contributed by atoms with van der Waals surface area (Å²) in [5.74, 6) is -0.132. The van der Waals surface area contributed by atoms with Gasteiger partial charge in [-0.15, -0.1) is 0 Å². The number of nitrogens with one attached hydrogen (secondary N) is 1. The van der Waals surface area contributed by atoms with Gasteiger partial charge in [-0.25, -0.2) is 0 Å². The largest absolute Gasteiger partial charge is 0.322 e. The number of carbonyl (C=O) groups excluding carboxylic acids is 1. The fourth-order valence-electron chi connectivity index (χ4n) is 2.12. The van der Waals surface area contributed by atoms with E-state index in [1.165, 1.54) is 5.56 Å². The van der Waals surface area contributed by atoms with Crippen LogP contribution in [-0.2, 0) is 11.3 Å². The van der Waals surface area contributed by atoms with Crippen LogP contribution in [0, 0.1) is 0 Å². The monoisotopic (exact) mass is 336 g/mol. The molecule has 1 N–H and O–H groups in total. The minimum atomic E-state index is -0.132. The third kappa shape index (κ3) is 4.73. The first-order chi connectivity index (χ1) is 10.6. The van der Waals surface area contributed by atoms with Gasteiger partial charge in [-0.2, -0.15) is 0 Å². The Bertz CT molecular complexity index is 612. The van der Waals surface area contributed by atoms with E-state index in [1.54, 1.807) is 18.2 Å². The van der Waals surface area contributed by atoms with Crippen molar-refractivity contribution >= 4 is 34.8 Å². The van der Waals surface area contributed by atoms with Crippen LogP contribution in [0.3, 0.4) is 0 Å². The molecule has 2 aromatic rings. The normalized spacial score (nSPS) is 10.7. The lowest BCUT2D eigenvalue weighted by atomic mass is 10.2. The molecule has 3 nitrogen and oxygen atoms in total. The molecule has 22 heavy (non-hydrogen) atoms. The average Bonchev–Trinajstić information content (AvgIpc) is 2.51. The van der Waals surface area contributed by atoms with Gasteiger partial charge in [-0.1, -0.05) is 66.5 Å². The maximum Gasteiger partial charge on any atom is 0.238 e. The molecule has 5 heteroatoms. The number of amides is 1. The van der Waals surface area contributed by atoms with E-state index in [0.717, 1.165) is 13.1 Å². The van der Waals surface area contributed by atoms with E-state index < -0.39 is 0 Å². The van der Waals surface area contributed by atoms with Crippen molar-refractivity contribution in [2.45, 2.75) is 13.5 Å².